The summed E-state index contributed by atoms with van der Waals surface area (Å²) in [6, 6.07) is 9.21. The zero-order chi connectivity index (χ0) is 11.1. The number of carbonyl (C=O) groups is 1. The molecule has 0 heterocycles. The van der Waals surface area contributed by atoms with Gasteiger partial charge < -0.3 is 10.1 Å². The molecule has 0 aliphatic heterocycles. The highest BCUT2D eigenvalue weighted by Crippen LogP contribution is 2.00. The highest BCUT2D eigenvalue weighted by Gasteiger charge is 1.97. The summed E-state index contributed by atoms with van der Waals surface area (Å²) < 4.78 is 4.71. The van der Waals surface area contributed by atoms with Crippen molar-refractivity contribution in [2.75, 3.05) is 6.61 Å². The summed E-state index contributed by atoms with van der Waals surface area (Å²) in [4.78, 5) is 11.0. The Kier molecular flexibility index (Phi) is 4.29. The second kappa shape index (κ2) is 5.75. The van der Waals surface area contributed by atoms with Crippen molar-refractivity contribution in [2.24, 2.45) is 0 Å². The van der Waals surface area contributed by atoms with Crippen LogP contribution in [0, 0.1) is 5.41 Å². The Morgan fingerprint density at radius 3 is 2.60 bits per heavy atom. The fourth-order valence-electron chi connectivity index (χ4n) is 1.06. The molecule has 0 saturated heterocycles. The summed E-state index contributed by atoms with van der Waals surface area (Å²) in [5.41, 5.74) is 1.07. The minimum Gasteiger partial charge on any atom is -0.463 e. The van der Waals surface area contributed by atoms with E-state index in [-0.39, 0.29) is 0 Å². The van der Waals surface area contributed by atoms with Gasteiger partial charge in [0.1, 0.15) is 0 Å². The zero-order valence-corrected chi connectivity index (χ0v) is 8.57. The van der Waals surface area contributed by atoms with E-state index in [2.05, 4.69) is 0 Å². The molecule has 0 unspecified atom stereocenters. The second-order valence-electron chi connectivity index (χ2n) is 2.87. The van der Waals surface area contributed by atoms with Gasteiger partial charge in [-0.3, -0.25) is 0 Å². The largest absolute Gasteiger partial charge is 0.463 e. The molecule has 1 rings (SSSR count). The van der Waals surface area contributed by atoms with E-state index in [1.165, 1.54) is 12.2 Å². The number of hydrogen-bond donors (Lipinski definition) is 1. The third kappa shape index (κ3) is 3.77. The highest BCUT2D eigenvalue weighted by molar-refractivity contribution is 6.08. The van der Waals surface area contributed by atoms with Gasteiger partial charge in [0.2, 0.25) is 0 Å². The van der Waals surface area contributed by atoms with Crippen LogP contribution in [0.15, 0.2) is 42.5 Å². The topological polar surface area (TPSA) is 50.2 Å². The smallest absolute Gasteiger partial charge is 0.330 e. The van der Waals surface area contributed by atoms with Crippen molar-refractivity contribution < 1.29 is 9.53 Å². The molecule has 1 aromatic rings. The summed E-state index contributed by atoms with van der Waals surface area (Å²) >= 11 is 0. The van der Waals surface area contributed by atoms with Crippen molar-refractivity contribution in [3.8, 4) is 0 Å². The van der Waals surface area contributed by atoms with Crippen molar-refractivity contribution in [1.82, 2.24) is 0 Å². The van der Waals surface area contributed by atoms with Gasteiger partial charge in [-0.2, -0.15) is 0 Å². The number of allylic oxidation sites excluding steroid dienone is 1. The third-order valence-electron chi connectivity index (χ3n) is 1.76. The molecule has 0 aromatic heterocycles. The first-order valence-electron chi connectivity index (χ1n) is 4.73. The SMILES string of the molecule is CCOC(=O)/C=C/C(=N)c1ccccc1. The first-order chi connectivity index (χ1) is 7.24. The molecule has 0 bridgehead atoms. The minimum absolute atomic E-state index is 0.295. The molecule has 0 aliphatic carbocycles. The van der Waals surface area contributed by atoms with Crippen LogP contribution in [0.4, 0.5) is 0 Å². The van der Waals surface area contributed by atoms with Gasteiger partial charge in [0, 0.05) is 6.08 Å². The van der Waals surface area contributed by atoms with E-state index in [1.807, 2.05) is 30.3 Å². The van der Waals surface area contributed by atoms with Crippen LogP contribution in [-0.4, -0.2) is 18.3 Å². The fraction of sp³-hybridized carbons (Fsp3) is 0.167. The fourth-order valence-corrected chi connectivity index (χ4v) is 1.06. The Labute approximate surface area is 88.9 Å². The average molecular weight is 203 g/mol. The lowest BCUT2D eigenvalue weighted by Gasteiger charge is -1.97. The van der Waals surface area contributed by atoms with Crippen LogP contribution in [0.3, 0.4) is 0 Å². The maximum Gasteiger partial charge on any atom is 0.330 e. The zero-order valence-electron chi connectivity index (χ0n) is 8.57. The van der Waals surface area contributed by atoms with E-state index in [1.54, 1.807) is 6.92 Å². The Morgan fingerprint density at radius 1 is 1.33 bits per heavy atom. The average Bonchev–Trinajstić information content (AvgIpc) is 2.27. The molecule has 3 nitrogen and oxygen atoms in total. The summed E-state index contributed by atoms with van der Waals surface area (Å²) in [6.07, 6.45) is 2.70. The number of carbonyl (C=O) groups excluding carboxylic acids is 1. The first kappa shape index (κ1) is 11.2. The molecule has 78 valence electrons. The predicted molar refractivity (Wildman–Crippen MR) is 59.0 cm³/mol. The molecule has 0 fully saturated rings. The van der Waals surface area contributed by atoms with Crippen LogP contribution in [-0.2, 0) is 9.53 Å². The monoisotopic (exact) mass is 203 g/mol. The Bertz CT molecular complexity index is 368. The lowest BCUT2D eigenvalue weighted by molar-refractivity contribution is -0.137. The van der Waals surface area contributed by atoms with E-state index in [0.717, 1.165) is 5.56 Å². The Hall–Kier alpha value is -1.90. The number of esters is 1. The molecule has 0 aliphatic rings. The van der Waals surface area contributed by atoms with Gasteiger partial charge in [0.15, 0.2) is 0 Å². The van der Waals surface area contributed by atoms with Crippen molar-refractivity contribution in [3.05, 3.63) is 48.0 Å². The molecule has 15 heavy (non-hydrogen) atoms. The van der Waals surface area contributed by atoms with Crippen molar-refractivity contribution in [3.63, 3.8) is 0 Å². The quantitative estimate of drug-likeness (QED) is 0.463. The second-order valence-corrected chi connectivity index (χ2v) is 2.87. The molecular weight excluding hydrogens is 190 g/mol. The van der Waals surface area contributed by atoms with Crippen molar-refractivity contribution in [2.45, 2.75) is 6.92 Å². The van der Waals surface area contributed by atoms with E-state index in [9.17, 15) is 4.79 Å². The predicted octanol–water partition coefficient (Wildman–Crippen LogP) is 2.17. The molecule has 1 aromatic carbocycles. The van der Waals surface area contributed by atoms with E-state index >= 15 is 0 Å². The van der Waals surface area contributed by atoms with Gasteiger partial charge in [-0.1, -0.05) is 30.3 Å². The summed E-state index contributed by atoms with van der Waals surface area (Å²) in [7, 11) is 0. The lowest BCUT2D eigenvalue weighted by Crippen LogP contribution is -2.01. The Morgan fingerprint density at radius 2 is 2.00 bits per heavy atom. The van der Waals surface area contributed by atoms with Crippen LogP contribution in [0.1, 0.15) is 12.5 Å². The van der Waals surface area contributed by atoms with E-state index in [0.29, 0.717) is 12.3 Å². The maximum atomic E-state index is 11.0. The van der Waals surface area contributed by atoms with Gasteiger partial charge in [-0.15, -0.1) is 0 Å². The van der Waals surface area contributed by atoms with Crippen LogP contribution < -0.4 is 0 Å². The van der Waals surface area contributed by atoms with Crippen molar-refractivity contribution >= 4 is 11.7 Å². The molecule has 0 atom stereocenters. The van der Waals surface area contributed by atoms with Gasteiger partial charge in [0.25, 0.3) is 0 Å². The highest BCUT2D eigenvalue weighted by atomic mass is 16.5. The first-order valence-corrected chi connectivity index (χ1v) is 4.73. The number of nitrogens with one attached hydrogen (secondary N) is 1. The standard InChI is InChI=1S/C12H13NO2/c1-2-15-12(14)9-8-11(13)10-6-4-3-5-7-10/h3-9,13H,2H2,1H3/b9-8+,13-11?. The van der Waals surface area contributed by atoms with Crippen molar-refractivity contribution in [1.29, 1.82) is 5.41 Å². The molecule has 3 heteroatoms. The van der Waals surface area contributed by atoms with Gasteiger partial charge in [-0.25, -0.2) is 4.79 Å². The lowest BCUT2D eigenvalue weighted by atomic mass is 10.1. The van der Waals surface area contributed by atoms with Crippen LogP contribution in [0.2, 0.25) is 0 Å². The third-order valence-corrected chi connectivity index (χ3v) is 1.76. The molecule has 0 radical (unpaired) electrons. The van der Waals surface area contributed by atoms with Gasteiger partial charge in [-0.05, 0) is 18.6 Å². The Balaban J connectivity index is 2.60. The summed E-state index contributed by atoms with van der Waals surface area (Å²) in [6.45, 7) is 2.09. The number of benzene rings is 1. The number of ether oxygens (including phenoxy) is 1. The van der Waals surface area contributed by atoms with E-state index < -0.39 is 5.97 Å². The maximum absolute atomic E-state index is 11.0. The normalized spacial score (nSPS) is 10.2. The summed E-state index contributed by atoms with van der Waals surface area (Å²) in [5.74, 6) is -0.418. The number of rotatable bonds is 4. The van der Waals surface area contributed by atoms with Gasteiger partial charge in [0.05, 0.1) is 12.3 Å². The van der Waals surface area contributed by atoms with Crippen LogP contribution in [0.5, 0.6) is 0 Å². The molecule has 0 spiro atoms. The van der Waals surface area contributed by atoms with Crippen LogP contribution >= 0.6 is 0 Å². The van der Waals surface area contributed by atoms with Crippen LogP contribution in [0.25, 0.3) is 0 Å². The summed E-state index contributed by atoms with van der Waals surface area (Å²) in [5, 5.41) is 7.66. The molecule has 0 saturated carbocycles. The number of hydrogen-bond acceptors (Lipinski definition) is 3. The molecule has 1 N–H and O–H groups in total. The van der Waals surface area contributed by atoms with E-state index in [4.69, 9.17) is 10.1 Å². The minimum atomic E-state index is -0.418. The van der Waals surface area contributed by atoms with Gasteiger partial charge >= 0.3 is 5.97 Å². The molecule has 0 amide bonds. The molecular formula is C12H13NO2.